The van der Waals surface area contributed by atoms with Crippen molar-refractivity contribution in [2.24, 2.45) is 5.10 Å². The second kappa shape index (κ2) is 11.9. The van der Waals surface area contributed by atoms with Gasteiger partial charge >= 0.3 is 6.03 Å². The first-order valence-corrected chi connectivity index (χ1v) is 11.6. The largest absolute Gasteiger partial charge is 0.490 e. The van der Waals surface area contributed by atoms with Crippen molar-refractivity contribution < 1.29 is 14.3 Å². The topological polar surface area (TPSA) is 72.0 Å². The average Bonchev–Trinajstić information content (AvgIpc) is 2.77. The van der Waals surface area contributed by atoms with Gasteiger partial charge in [-0.3, -0.25) is 0 Å². The highest BCUT2D eigenvalue weighted by Crippen LogP contribution is 2.34. The molecule has 6 nitrogen and oxygen atoms in total. The Morgan fingerprint density at radius 3 is 2.41 bits per heavy atom. The van der Waals surface area contributed by atoms with E-state index < -0.39 is 6.03 Å². The van der Waals surface area contributed by atoms with Crippen molar-refractivity contribution in [3.63, 3.8) is 0 Å². The van der Waals surface area contributed by atoms with Crippen molar-refractivity contribution in [2.45, 2.75) is 13.5 Å². The van der Waals surface area contributed by atoms with E-state index in [1.165, 1.54) is 6.21 Å². The van der Waals surface area contributed by atoms with Gasteiger partial charge in [0.05, 0.1) is 12.8 Å². The van der Waals surface area contributed by atoms with Gasteiger partial charge in [-0.15, -0.1) is 0 Å². The smallest absolute Gasteiger partial charge is 0.339 e. The number of carbonyl (C=O) groups excluding carboxylic acids is 1. The summed E-state index contributed by atoms with van der Waals surface area (Å²) in [6.45, 7) is 2.74. The third-order valence-corrected chi connectivity index (χ3v) is 5.61. The zero-order valence-electron chi connectivity index (χ0n) is 17.1. The molecule has 3 rings (SSSR count). The Hall–Kier alpha value is -2.55. The number of hydrogen-bond acceptors (Lipinski definition) is 4. The summed E-state index contributed by atoms with van der Waals surface area (Å²) >= 11 is 12.8. The van der Waals surface area contributed by atoms with E-state index in [0.717, 1.165) is 20.1 Å². The van der Waals surface area contributed by atoms with Gasteiger partial charge in [0.2, 0.25) is 0 Å². The summed E-state index contributed by atoms with van der Waals surface area (Å²) in [5.74, 6) is 1.16. The normalized spacial score (nSPS) is 10.8. The van der Waals surface area contributed by atoms with Crippen LogP contribution in [0.15, 0.2) is 74.7 Å². The van der Waals surface area contributed by atoms with E-state index in [1.54, 1.807) is 18.2 Å². The van der Waals surface area contributed by atoms with Gasteiger partial charge in [-0.1, -0.05) is 39.7 Å². The number of hydrazone groups is 1. The number of ether oxygens (including phenoxy) is 2. The van der Waals surface area contributed by atoms with Crippen LogP contribution in [-0.2, 0) is 6.61 Å². The molecule has 2 N–H and O–H groups in total. The lowest BCUT2D eigenvalue weighted by atomic mass is 10.2. The summed E-state index contributed by atoms with van der Waals surface area (Å²) in [7, 11) is 0. The Labute approximate surface area is 208 Å². The number of anilines is 1. The van der Waals surface area contributed by atoms with Crippen molar-refractivity contribution in [1.82, 2.24) is 5.43 Å². The van der Waals surface area contributed by atoms with Gasteiger partial charge in [-0.05, 0) is 76.9 Å². The maximum atomic E-state index is 12.0. The van der Waals surface area contributed by atoms with Crippen LogP contribution in [-0.4, -0.2) is 18.9 Å². The summed E-state index contributed by atoms with van der Waals surface area (Å²) in [5, 5.41) is 7.39. The summed E-state index contributed by atoms with van der Waals surface area (Å²) in [5.41, 5.74) is 4.80. The number of hydrogen-bond donors (Lipinski definition) is 2. The molecule has 2 amide bonds. The van der Waals surface area contributed by atoms with Gasteiger partial charge in [-0.2, -0.15) is 5.10 Å². The number of urea groups is 1. The molecule has 0 heterocycles. The minimum atomic E-state index is -0.451. The van der Waals surface area contributed by atoms with E-state index in [0.29, 0.717) is 35.4 Å². The Morgan fingerprint density at radius 1 is 1.03 bits per heavy atom. The third-order valence-electron chi connectivity index (χ3n) is 4.14. The van der Waals surface area contributed by atoms with Crippen LogP contribution in [0.3, 0.4) is 0 Å². The molecular formula is C23H20Br2ClN3O3. The first kappa shape index (κ1) is 24.1. The monoisotopic (exact) mass is 579 g/mol. The SMILES string of the molecule is CCOc1cc(/C=N\NC(=O)Nc2ccc(Br)cc2)c(Br)cc1OCc1ccc(Cl)cc1. The van der Waals surface area contributed by atoms with E-state index in [4.69, 9.17) is 21.1 Å². The maximum Gasteiger partial charge on any atom is 0.339 e. The van der Waals surface area contributed by atoms with Crippen molar-refractivity contribution in [1.29, 1.82) is 0 Å². The number of carbonyl (C=O) groups is 1. The molecular weight excluding hydrogens is 562 g/mol. The average molecular weight is 582 g/mol. The van der Waals surface area contributed by atoms with Gasteiger partial charge < -0.3 is 14.8 Å². The van der Waals surface area contributed by atoms with Crippen LogP contribution < -0.4 is 20.2 Å². The number of amides is 2. The number of benzene rings is 3. The summed E-state index contributed by atoms with van der Waals surface area (Å²) < 4.78 is 13.3. The quantitative estimate of drug-likeness (QED) is 0.222. The van der Waals surface area contributed by atoms with Crippen LogP contribution in [0.25, 0.3) is 0 Å². The van der Waals surface area contributed by atoms with Crippen LogP contribution in [0, 0.1) is 0 Å². The molecule has 0 saturated heterocycles. The fourth-order valence-corrected chi connectivity index (χ4v) is 3.44. The fraction of sp³-hybridized carbons (Fsp3) is 0.130. The number of nitrogens with zero attached hydrogens (tertiary/aromatic N) is 1. The Balaban J connectivity index is 1.65. The second-order valence-corrected chi connectivity index (χ2v) is 8.71. The van der Waals surface area contributed by atoms with E-state index in [1.807, 2.05) is 49.4 Å². The molecule has 32 heavy (non-hydrogen) atoms. The Kier molecular flexibility index (Phi) is 8.96. The summed E-state index contributed by atoms with van der Waals surface area (Å²) in [6.07, 6.45) is 1.52. The highest BCUT2D eigenvalue weighted by molar-refractivity contribution is 9.10. The fourth-order valence-electron chi connectivity index (χ4n) is 2.63. The van der Waals surface area contributed by atoms with Gasteiger partial charge in [-0.25, -0.2) is 10.2 Å². The van der Waals surface area contributed by atoms with E-state index in [2.05, 4.69) is 47.7 Å². The van der Waals surface area contributed by atoms with Crippen molar-refractivity contribution in [3.8, 4) is 11.5 Å². The Bertz CT molecular complexity index is 1090. The Morgan fingerprint density at radius 2 is 1.72 bits per heavy atom. The van der Waals surface area contributed by atoms with Gasteiger partial charge in [0.25, 0.3) is 0 Å². The van der Waals surface area contributed by atoms with Crippen molar-refractivity contribution >= 4 is 61.4 Å². The zero-order chi connectivity index (χ0) is 22.9. The minimum Gasteiger partial charge on any atom is -0.490 e. The van der Waals surface area contributed by atoms with Crippen molar-refractivity contribution in [2.75, 3.05) is 11.9 Å². The van der Waals surface area contributed by atoms with Gasteiger partial charge in [0, 0.05) is 25.2 Å². The van der Waals surface area contributed by atoms with Crippen LogP contribution in [0.2, 0.25) is 5.02 Å². The van der Waals surface area contributed by atoms with Crippen LogP contribution >= 0.6 is 43.5 Å². The molecule has 0 aliphatic carbocycles. The predicted octanol–water partition coefficient (Wildman–Crippen LogP) is 7.00. The number of rotatable bonds is 8. The molecule has 3 aromatic carbocycles. The molecule has 0 bridgehead atoms. The van der Waals surface area contributed by atoms with Gasteiger partial charge in [0.15, 0.2) is 11.5 Å². The van der Waals surface area contributed by atoms with Crippen LogP contribution in [0.1, 0.15) is 18.1 Å². The minimum absolute atomic E-state index is 0.370. The second-order valence-electron chi connectivity index (χ2n) is 6.50. The molecule has 0 aromatic heterocycles. The summed E-state index contributed by atoms with van der Waals surface area (Å²) in [4.78, 5) is 12.0. The molecule has 166 valence electrons. The number of nitrogens with one attached hydrogen (secondary N) is 2. The van der Waals surface area contributed by atoms with Crippen LogP contribution in [0.4, 0.5) is 10.5 Å². The molecule has 0 saturated carbocycles. The van der Waals surface area contributed by atoms with Crippen molar-refractivity contribution in [3.05, 3.63) is 85.8 Å². The first-order chi connectivity index (χ1) is 15.4. The highest BCUT2D eigenvalue weighted by atomic mass is 79.9. The predicted molar refractivity (Wildman–Crippen MR) is 135 cm³/mol. The van der Waals surface area contributed by atoms with E-state index in [-0.39, 0.29) is 0 Å². The molecule has 0 aliphatic heterocycles. The third kappa shape index (κ3) is 7.25. The first-order valence-electron chi connectivity index (χ1n) is 9.64. The summed E-state index contributed by atoms with van der Waals surface area (Å²) in [6, 6.07) is 17.8. The molecule has 0 atom stereocenters. The molecule has 0 radical (unpaired) electrons. The molecule has 3 aromatic rings. The standard InChI is InChI=1S/C23H20Br2ClN3O3/c1-2-31-21-11-16(13-27-29-23(30)28-19-9-5-17(24)6-10-19)20(25)12-22(21)32-14-15-3-7-18(26)8-4-15/h3-13H,2,14H2,1H3,(H2,28,29,30)/b27-13-. The molecule has 0 spiro atoms. The van der Waals surface area contributed by atoms with E-state index >= 15 is 0 Å². The lowest BCUT2D eigenvalue weighted by molar-refractivity contribution is 0.252. The maximum absolute atomic E-state index is 12.0. The van der Waals surface area contributed by atoms with Crippen LogP contribution in [0.5, 0.6) is 11.5 Å². The van der Waals surface area contributed by atoms with E-state index in [9.17, 15) is 4.79 Å². The molecule has 9 heteroatoms. The van der Waals surface area contributed by atoms with Gasteiger partial charge in [0.1, 0.15) is 6.61 Å². The highest BCUT2D eigenvalue weighted by Gasteiger charge is 2.11. The zero-order valence-corrected chi connectivity index (χ0v) is 21.0. The molecule has 0 unspecified atom stereocenters. The number of halogens is 3. The lowest BCUT2D eigenvalue weighted by Gasteiger charge is -2.14. The molecule has 0 fully saturated rings. The molecule has 0 aliphatic rings. The lowest BCUT2D eigenvalue weighted by Crippen LogP contribution is -2.24.